The zero-order chi connectivity index (χ0) is 14.2. The summed E-state index contributed by atoms with van der Waals surface area (Å²) in [5.74, 6) is 0.767. The average molecular weight is 268 g/mol. The van der Waals surface area contributed by atoms with Crippen molar-refractivity contribution >= 4 is 11.5 Å². The summed E-state index contributed by atoms with van der Waals surface area (Å²) in [6, 6.07) is 0.0653. The second-order valence-electron chi connectivity index (χ2n) is 5.34. The maximum atomic E-state index is 11.3. The molecule has 1 aliphatic heterocycles. The van der Waals surface area contributed by atoms with Crippen LogP contribution in [0.25, 0.3) is 0 Å². The molecule has 1 atom stereocenters. The fraction of sp³-hybridized carbons (Fsp3) is 0.750. The maximum Gasteiger partial charge on any atom is 0.333 e. The van der Waals surface area contributed by atoms with Crippen LogP contribution in [0.15, 0.2) is 0 Å². The first-order valence-electron chi connectivity index (χ1n) is 6.55. The molecule has 1 unspecified atom stereocenters. The van der Waals surface area contributed by atoms with Crippen molar-refractivity contribution in [1.82, 2.24) is 9.78 Å². The van der Waals surface area contributed by atoms with Crippen LogP contribution < -0.4 is 4.90 Å². The molecule has 1 aliphatic rings. The minimum atomic E-state index is -0.358. The van der Waals surface area contributed by atoms with Crippen LogP contribution in [0.5, 0.6) is 0 Å². The molecule has 1 aromatic heterocycles. The molecule has 0 saturated carbocycles. The normalized spacial score (nSPS) is 19.4. The van der Waals surface area contributed by atoms with Crippen molar-refractivity contribution in [2.45, 2.75) is 33.2 Å². The maximum absolute atomic E-state index is 11.3. The van der Waals surface area contributed by atoms with Gasteiger partial charge in [0.2, 0.25) is 5.82 Å². The lowest BCUT2D eigenvalue weighted by Gasteiger charge is -2.20. The van der Waals surface area contributed by atoms with E-state index < -0.39 is 0 Å². The molecule has 7 heteroatoms. The minimum absolute atomic E-state index is 0.0653. The highest BCUT2D eigenvalue weighted by atomic mass is 16.6. The Morgan fingerprint density at radius 1 is 1.58 bits per heavy atom. The van der Waals surface area contributed by atoms with Crippen LogP contribution in [0.4, 0.5) is 11.5 Å². The van der Waals surface area contributed by atoms with E-state index >= 15 is 0 Å². The Bertz CT molecular complexity index is 484. The number of hydrogen-bond acceptors (Lipinski definition) is 5. The predicted octanol–water partition coefficient (Wildman–Crippen LogP) is 1.50. The zero-order valence-electron chi connectivity index (χ0n) is 11.5. The molecule has 0 aromatic carbocycles. The summed E-state index contributed by atoms with van der Waals surface area (Å²) in [4.78, 5) is 12.9. The standard InChI is InChI=1S/C12H20N4O3/c1-8(2)15-12(11(16(18)19)9(3)13-15)14-5-4-10(6-14)7-17/h8,10,17H,4-7H2,1-3H3. The predicted molar refractivity (Wildman–Crippen MR) is 71.4 cm³/mol. The van der Waals surface area contributed by atoms with Gasteiger partial charge >= 0.3 is 5.69 Å². The summed E-state index contributed by atoms with van der Waals surface area (Å²) in [5.41, 5.74) is 0.536. The number of nitro groups is 1. The highest BCUT2D eigenvalue weighted by Gasteiger charge is 2.34. The van der Waals surface area contributed by atoms with E-state index in [1.807, 2.05) is 18.7 Å². The van der Waals surface area contributed by atoms with Crippen molar-refractivity contribution in [1.29, 1.82) is 0 Å². The number of rotatable bonds is 4. The summed E-state index contributed by atoms with van der Waals surface area (Å²) in [6.45, 7) is 7.08. The molecular weight excluding hydrogens is 248 g/mol. The average Bonchev–Trinajstić information content (AvgIpc) is 2.91. The number of nitrogens with zero attached hydrogens (tertiary/aromatic N) is 4. The summed E-state index contributed by atoms with van der Waals surface area (Å²) in [6.07, 6.45) is 0.857. The van der Waals surface area contributed by atoms with Gasteiger partial charge in [0.05, 0.1) is 4.92 Å². The third kappa shape index (κ3) is 2.42. The molecule has 1 fully saturated rings. The smallest absolute Gasteiger partial charge is 0.333 e. The van der Waals surface area contributed by atoms with E-state index in [0.717, 1.165) is 13.0 Å². The van der Waals surface area contributed by atoms with Gasteiger partial charge in [0.15, 0.2) is 0 Å². The summed E-state index contributed by atoms with van der Waals surface area (Å²) in [7, 11) is 0. The van der Waals surface area contributed by atoms with Gasteiger partial charge in [0, 0.05) is 31.7 Å². The fourth-order valence-corrected chi connectivity index (χ4v) is 2.57. The Morgan fingerprint density at radius 3 is 2.74 bits per heavy atom. The van der Waals surface area contributed by atoms with Crippen molar-refractivity contribution in [3.63, 3.8) is 0 Å². The fourth-order valence-electron chi connectivity index (χ4n) is 2.57. The number of aliphatic hydroxyl groups excluding tert-OH is 1. The minimum Gasteiger partial charge on any atom is -0.396 e. The number of aliphatic hydroxyl groups is 1. The second-order valence-corrected chi connectivity index (χ2v) is 5.34. The molecule has 0 aliphatic carbocycles. The summed E-state index contributed by atoms with van der Waals surface area (Å²) < 4.78 is 1.72. The first-order chi connectivity index (χ1) is 8.95. The molecule has 7 nitrogen and oxygen atoms in total. The summed E-state index contributed by atoms with van der Waals surface area (Å²) in [5, 5.41) is 24.8. The van der Waals surface area contributed by atoms with Crippen LogP contribution in [-0.2, 0) is 0 Å². The summed E-state index contributed by atoms with van der Waals surface area (Å²) >= 11 is 0. The molecule has 0 radical (unpaired) electrons. The Kier molecular flexibility index (Phi) is 3.75. The molecule has 2 heterocycles. The van der Waals surface area contributed by atoms with Gasteiger partial charge in [-0.2, -0.15) is 5.10 Å². The van der Waals surface area contributed by atoms with Gasteiger partial charge in [-0.3, -0.25) is 10.1 Å². The van der Waals surface area contributed by atoms with Gasteiger partial charge < -0.3 is 10.0 Å². The Hall–Kier alpha value is -1.63. The molecule has 106 valence electrons. The van der Waals surface area contributed by atoms with Gasteiger partial charge in [-0.05, 0) is 27.2 Å². The van der Waals surface area contributed by atoms with Gasteiger partial charge in [0.25, 0.3) is 0 Å². The molecule has 19 heavy (non-hydrogen) atoms. The molecule has 1 aromatic rings. The van der Waals surface area contributed by atoms with E-state index in [1.165, 1.54) is 0 Å². The van der Waals surface area contributed by atoms with Crippen LogP contribution in [0.3, 0.4) is 0 Å². The molecule has 0 spiro atoms. The van der Waals surface area contributed by atoms with Crippen molar-refractivity contribution in [2.75, 3.05) is 24.6 Å². The third-order valence-electron chi connectivity index (χ3n) is 3.54. The SMILES string of the molecule is Cc1nn(C(C)C)c(N2CCC(CO)C2)c1[N+](=O)[O-]. The molecular formula is C12H20N4O3. The highest BCUT2D eigenvalue weighted by Crippen LogP contribution is 2.36. The van der Waals surface area contributed by atoms with E-state index in [1.54, 1.807) is 11.6 Å². The van der Waals surface area contributed by atoms with Crippen LogP contribution >= 0.6 is 0 Å². The third-order valence-corrected chi connectivity index (χ3v) is 3.54. The Labute approximate surface area is 112 Å². The van der Waals surface area contributed by atoms with Gasteiger partial charge in [-0.1, -0.05) is 0 Å². The monoisotopic (exact) mass is 268 g/mol. The van der Waals surface area contributed by atoms with E-state index in [2.05, 4.69) is 5.10 Å². The lowest BCUT2D eigenvalue weighted by molar-refractivity contribution is -0.384. The quantitative estimate of drug-likeness (QED) is 0.660. The molecule has 2 rings (SSSR count). The van der Waals surface area contributed by atoms with Gasteiger partial charge in [-0.15, -0.1) is 0 Å². The number of anilines is 1. The van der Waals surface area contributed by atoms with Gasteiger partial charge in [-0.25, -0.2) is 4.68 Å². The Balaban J connectivity index is 2.45. The lowest BCUT2D eigenvalue weighted by Crippen LogP contribution is -2.25. The van der Waals surface area contributed by atoms with E-state index in [0.29, 0.717) is 18.1 Å². The van der Waals surface area contributed by atoms with E-state index in [9.17, 15) is 15.2 Å². The van der Waals surface area contributed by atoms with Crippen molar-refractivity contribution in [2.24, 2.45) is 5.92 Å². The molecule has 1 N–H and O–H groups in total. The molecule has 0 bridgehead atoms. The lowest BCUT2D eigenvalue weighted by atomic mass is 10.1. The van der Waals surface area contributed by atoms with E-state index in [4.69, 9.17) is 0 Å². The number of aryl methyl sites for hydroxylation is 1. The van der Waals surface area contributed by atoms with Crippen LogP contribution in [0, 0.1) is 23.0 Å². The molecule has 0 amide bonds. The first-order valence-corrected chi connectivity index (χ1v) is 6.55. The van der Waals surface area contributed by atoms with Crippen LogP contribution in [-0.4, -0.2) is 39.5 Å². The van der Waals surface area contributed by atoms with Crippen molar-refractivity contribution in [3.8, 4) is 0 Å². The zero-order valence-corrected chi connectivity index (χ0v) is 11.5. The first kappa shape index (κ1) is 13.8. The largest absolute Gasteiger partial charge is 0.396 e. The topological polar surface area (TPSA) is 84.4 Å². The molecule has 1 saturated heterocycles. The van der Waals surface area contributed by atoms with Crippen LogP contribution in [0.1, 0.15) is 32.0 Å². The highest BCUT2D eigenvalue weighted by molar-refractivity contribution is 5.62. The number of aromatic nitrogens is 2. The van der Waals surface area contributed by atoms with Crippen LogP contribution in [0.2, 0.25) is 0 Å². The van der Waals surface area contributed by atoms with Crippen molar-refractivity contribution < 1.29 is 10.0 Å². The van der Waals surface area contributed by atoms with Crippen molar-refractivity contribution in [3.05, 3.63) is 15.8 Å². The second kappa shape index (κ2) is 5.16. The number of hydrogen-bond donors (Lipinski definition) is 1. The van der Waals surface area contributed by atoms with Gasteiger partial charge in [0.1, 0.15) is 5.69 Å². The Morgan fingerprint density at radius 2 is 2.26 bits per heavy atom. The van der Waals surface area contributed by atoms with E-state index in [-0.39, 0.29) is 29.2 Å².